The maximum Gasteiger partial charge on any atom is 0.315 e. The molecule has 74 heavy (non-hydrogen) atoms. The van der Waals surface area contributed by atoms with Gasteiger partial charge in [0.2, 0.25) is 5.91 Å². The molecule has 9 rings (SSSR count). The molecule has 0 radical (unpaired) electrons. The minimum atomic E-state index is -1.94. The van der Waals surface area contributed by atoms with Gasteiger partial charge in [-0.1, -0.05) is 59.3 Å². The number of piperidine rings is 2. The van der Waals surface area contributed by atoms with Crippen molar-refractivity contribution in [3.63, 3.8) is 0 Å². The number of anilines is 1. The highest BCUT2D eigenvalue weighted by Crippen LogP contribution is 2.50. The highest BCUT2D eigenvalue weighted by molar-refractivity contribution is 6.19. The Morgan fingerprint density at radius 2 is 1.51 bits per heavy atom. The van der Waals surface area contributed by atoms with Crippen LogP contribution >= 0.6 is 0 Å². The van der Waals surface area contributed by atoms with E-state index in [9.17, 15) is 39.6 Å². The lowest BCUT2D eigenvalue weighted by molar-refractivity contribution is -0.159. The van der Waals surface area contributed by atoms with E-state index in [1.165, 1.54) is 32.4 Å². The van der Waals surface area contributed by atoms with Gasteiger partial charge in [-0.3, -0.25) is 34.1 Å². The zero-order valence-corrected chi connectivity index (χ0v) is 44.7. The van der Waals surface area contributed by atoms with Crippen LogP contribution in [0.4, 0.5) is 5.69 Å². The van der Waals surface area contributed by atoms with E-state index in [0.29, 0.717) is 44.9 Å². The van der Waals surface area contributed by atoms with Crippen LogP contribution in [0.5, 0.6) is 17.2 Å². The lowest BCUT2D eigenvalue weighted by Crippen LogP contribution is -2.51. The van der Waals surface area contributed by atoms with E-state index in [-0.39, 0.29) is 74.1 Å². The molecular formula is C56H79N7O11. The second kappa shape index (κ2) is 22.8. The van der Waals surface area contributed by atoms with Crippen LogP contribution in [-0.2, 0) is 23.9 Å². The number of aliphatic hydroxyl groups excluding tert-OH is 2. The molecule has 1 spiro atoms. The molecule has 18 nitrogen and oxygen atoms in total. The van der Waals surface area contributed by atoms with Crippen LogP contribution in [0, 0.1) is 30.6 Å². The minimum Gasteiger partial charge on any atom is -0.507 e. The van der Waals surface area contributed by atoms with Gasteiger partial charge in [-0.05, 0) is 64.6 Å². The average Bonchev–Trinajstić information content (AvgIpc) is 3.88. The predicted molar refractivity (Wildman–Crippen MR) is 279 cm³/mol. The first-order chi connectivity index (χ1) is 35.2. The Bertz CT molecular complexity index is 2680. The molecule has 2 amide bonds. The van der Waals surface area contributed by atoms with Crippen molar-refractivity contribution in [1.82, 2.24) is 19.6 Å². The summed E-state index contributed by atoms with van der Waals surface area (Å²) < 4.78 is 18.5. The van der Waals surface area contributed by atoms with Crippen molar-refractivity contribution >= 4 is 40.0 Å². The molecule has 2 aromatic rings. The molecule has 0 aliphatic carbocycles. The number of phenols is 2. The molecule has 3 saturated heterocycles. The maximum atomic E-state index is 14.8. The van der Waals surface area contributed by atoms with Crippen molar-refractivity contribution in [1.29, 1.82) is 0 Å². The van der Waals surface area contributed by atoms with Crippen LogP contribution in [-0.4, -0.2) is 165 Å². The Hall–Kier alpha value is -5.40. The van der Waals surface area contributed by atoms with E-state index in [4.69, 9.17) is 24.2 Å². The van der Waals surface area contributed by atoms with Crippen LogP contribution in [0.1, 0.15) is 116 Å². The molecule has 0 aromatic heterocycles. The topological polar surface area (TPSA) is 227 Å². The molecular weight excluding hydrogens is 947 g/mol. The summed E-state index contributed by atoms with van der Waals surface area (Å²) in [5.74, 6) is -6.39. The molecule has 404 valence electrons. The maximum absolute atomic E-state index is 14.8. The molecule has 7 atom stereocenters. The predicted octanol–water partition coefficient (Wildman–Crippen LogP) is 4.88. The smallest absolute Gasteiger partial charge is 0.315 e. The molecule has 5 bridgehead atoms. The van der Waals surface area contributed by atoms with Gasteiger partial charge < -0.3 is 54.7 Å². The summed E-state index contributed by atoms with van der Waals surface area (Å²) in [5.41, 5.74) is -0.569. The molecule has 7 heterocycles. The third kappa shape index (κ3) is 11.5. The van der Waals surface area contributed by atoms with E-state index in [2.05, 4.69) is 33.9 Å². The third-order valence-corrected chi connectivity index (χ3v) is 16.3. The Balaban J connectivity index is 1.07. The second-order valence-electron chi connectivity index (χ2n) is 22.3. The van der Waals surface area contributed by atoms with Crippen molar-refractivity contribution in [2.24, 2.45) is 33.7 Å². The minimum absolute atomic E-state index is 0.0454. The number of Topliss-reactive ketones (excluding diaryl/α,β-unsaturated/α-hetero) is 1. The van der Waals surface area contributed by atoms with Gasteiger partial charge in [0, 0.05) is 113 Å². The second-order valence-corrected chi connectivity index (χ2v) is 22.3. The quantitative estimate of drug-likeness (QED) is 0.135. The molecule has 7 aliphatic rings. The van der Waals surface area contributed by atoms with E-state index in [1.807, 2.05) is 0 Å². The zero-order valence-electron chi connectivity index (χ0n) is 44.7. The molecule has 7 aliphatic heterocycles. The first-order valence-electron chi connectivity index (χ1n) is 27.0. The average molecular weight is 1030 g/mol. The monoisotopic (exact) mass is 1030 g/mol. The number of amides is 2. The Kier molecular flexibility index (Phi) is 16.9. The van der Waals surface area contributed by atoms with Crippen LogP contribution in [0.3, 0.4) is 0 Å². The number of rotatable bonds is 8. The largest absolute Gasteiger partial charge is 0.507 e. The number of nitrogens with zero attached hydrogens (tertiary/aromatic N) is 6. The number of carbonyl (C=O) groups excluding carboxylic acids is 4. The summed E-state index contributed by atoms with van der Waals surface area (Å²) in [6.45, 7) is 23.2. The number of nitrogens with one attached hydrogen (secondary N) is 1. The molecule has 0 saturated carbocycles. The number of phenolic OH excluding ortho intramolecular Hbond substituents is 2. The first kappa shape index (κ1) is 54.8. The van der Waals surface area contributed by atoms with Crippen LogP contribution in [0.25, 0.3) is 10.8 Å². The number of piperazine rings is 1. The SMILES string of the molecule is C/C1=C/C=C/C(C)[C@H](O)[C@@H](C)C(O)[C@@H](C)[C@H](OC(=O)CC(=O)N2CCN(CCN3CCCCC3)CC2)CC/C=C/O[C@@]2(C)Oc3c(C)c(O)c4c(O)c(c5c(c4c3C2=O)=NC2(CCN(CC(C)C)CC2)N=5)NC1=O. The van der Waals surface area contributed by atoms with Gasteiger partial charge in [-0.25, -0.2) is 0 Å². The number of ketones is 1. The van der Waals surface area contributed by atoms with Crippen molar-refractivity contribution in [2.75, 3.05) is 77.3 Å². The summed E-state index contributed by atoms with van der Waals surface area (Å²) in [6, 6.07) is 0. The normalized spacial score (nSPS) is 30.0. The summed E-state index contributed by atoms with van der Waals surface area (Å²) in [7, 11) is 0. The van der Waals surface area contributed by atoms with Gasteiger partial charge >= 0.3 is 11.8 Å². The zero-order chi connectivity index (χ0) is 53.2. The number of hydrogen-bond donors (Lipinski definition) is 5. The standard InChI is InChI=1S/C56H79N7O11/c1-33(2)32-62-22-18-56(19-23-62)58-45-42-43-50(68)38(7)52-44(42)53(70)55(8,74-52)72-30-13-10-17-39(73-41(65)31-40(64)63-28-26-61(27-29-63)25-24-60-20-11-9-12-21-60)36(5)49(67)37(6)48(66)34(3)15-14-16-35(4)54(71)57-47(51(43)69)46(45)59-56/h13-16,30,33-34,36-37,39,48-49,66-69H,9-12,17-29,31-32H2,1-8H3,(H,57,71)/b15-14+,30-13+,35-16-/t34?,36-,37+,39+,48-,49?,55-/m0/s1. The highest BCUT2D eigenvalue weighted by atomic mass is 16.7. The molecule has 3 fully saturated rings. The molecule has 2 unspecified atom stereocenters. The number of allylic oxidation sites excluding steroid dienone is 3. The first-order valence-corrected chi connectivity index (χ1v) is 27.0. The van der Waals surface area contributed by atoms with Gasteiger partial charge in [-0.15, -0.1) is 0 Å². The van der Waals surface area contributed by atoms with Gasteiger partial charge in [0.05, 0.1) is 34.8 Å². The number of esters is 1. The van der Waals surface area contributed by atoms with E-state index < -0.39 is 77.3 Å². The van der Waals surface area contributed by atoms with Gasteiger partial charge in [0.25, 0.3) is 11.7 Å². The fraction of sp³-hybridized carbons (Fsp3) is 0.643. The fourth-order valence-corrected chi connectivity index (χ4v) is 11.5. The molecule has 18 heteroatoms. The van der Waals surface area contributed by atoms with E-state index in [0.717, 1.165) is 45.8 Å². The summed E-state index contributed by atoms with van der Waals surface area (Å²) in [6.07, 6.45) is 9.62. The van der Waals surface area contributed by atoms with Crippen molar-refractivity contribution in [2.45, 2.75) is 137 Å². The number of carbonyl (C=O) groups is 4. The molecule has 5 N–H and O–H groups in total. The number of likely N-dealkylation sites (tertiary alicyclic amines) is 2. The van der Waals surface area contributed by atoms with Gasteiger partial charge in [0.15, 0.2) is 11.4 Å². The van der Waals surface area contributed by atoms with Crippen LogP contribution in [0.2, 0.25) is 0 Å². The lowest BCUT2D eigenvalue weighted by atomic mass is 9.81. The summed E-state index contributed by atoms with van der Waals surface area (Å²) in [5, 5.41) is 50.8. The summed E-state index contributed by atoms with van der Waals surface area (Å²) >= 11 is 0. The third-order valence-electron chi connectivity index (χ3n) is 16.3. The van der Waals surface area contributed by atoms with Gasteiger partial charge in [-0.2, -0.15) is 0 Å². The number of aromatic hydroxyl groups is 2. The van der Waals surface area contributed by atoms with Gasteiger partial charge in [0.1, 0.15) is 35.1 Å². The Morgan fingerprint density at radius 3 is 2.19 bits per heavy atom. The van der Waals surface area contributed by atoms with Crippen molar-refractivity contribution < 1.29 is 53.8 Å². The number of ether oxygens (including phenoxy) is 3. The number of benzene rings is 2. The van der Waals surface area contributed by atoms with E-state index in [1.54, 1.807) is 63.8 Å². The van der Waals surface area contributed by atoms with Crippen molar-refractivity contribution in [3.05, 3.63) is 58.0 Å². The van der Waals surface area contributed by atoms with Crippen molar-refractivity contribution in [3.8, 4) is 17.2 Å². The fourth-order valence-electron chi connectivity index (χ4n) is 11.5. The Labute approximate surface area is 434 Å². The number of aliphatic hydroxyl groups is 2. The summed E-state index contributed by atoms with van der Waals surface area (Å²) in [4.78, 5) is 75.2. The lowest BCUT2D eigenvalue weighted by Gasteiger charge is -2.36. The highest BCUT2D eigenvalue weighted by Gasteiger charge is 2.50. The van der Waals surface area contributed by atoms with E-state index >= 15 is 0 Å². The van der Waals surface area contributed by atoms with Crippen LogP contribution < -0.4 is 20.8 Å². The molecule has 2 aromatic carbocycles. The Morgan fingerprint density at radius 1 is 0.851 bits per heavy atom. The number of fused-ring (bicyclic) bond motifs is 13. The number of hydrogen-bond acceptors (Lipinski definition) is 16. The van der Waals surface area contributed by atoms with Crippen LogP contribution in [0.15, 0.2) is 46.1 Å².